The van der Waals surface area contributed by atoms with E-state index in [0.717, 1.165) is 75.1 Å². The van der Waals surface area contributed by atoms with Crippen LogP contribution in [0.2, 0.25) is 0 Å². The molecule has 0 N–H and O–H groups in total. The van der Waals surface area contributed by atoms with Gasteiger partial charge in [0.2, 0.25) is 5.91 Å². The summed E-state index contributed by atoms with van der Waals surface area (Å²) in [6, 6.07) is 0. The minimum absolute atomic E-state index is 0.0824. The highest BCUT2D eigenvalue weighted by molar-refractivity contribution is 5.76. The van der Waals surface area contributed by atoms with Crippen LogP contribution in [0.4, 0.5) is 5.82 Å². The summed E-state index contributed by atoms with van der Waals surface area (Å²) in [5.74, 6) is 2.32. The van der Waals surface area contributed by atoms with E-state index in [1.807, 2.05) is 4.90 Å². The van der Waals surface area contributed by atoms with Crippen molar-refractivity contribution in [2.24, 2.45) is 0 Å². The lowest BCUT2D eigenvalue weighted by molar-refractivity contribution is -0.133. The third-order valence-corrected chi connectivity index (χ3v) is 5.67. The highest BCUT2D eigenvalue weighted by atomic mass is 16.5. The molecule has 0 unspecified atom stereocenters. The number of hydrogen-bond donors (Lipinski definition) is 0. The number of amides is 1. The van der Waals surface area contributed by atoms with Gasteiger partial charge in [0, 0.05) is 43.4 Å². The Balaban J connectivity index is 1.42. The average Bonchev–Trinajstić information content (AvgIpc) is 3.24. The summed E-state index contributed by atoms with van der Waals surface area (Å²) in [4.78, 5) is 30.3. The van der Waals surface area contributed by atoms with Gasteiger partial charge >= 0.3 is 0 Å². The van der Waals surface area contributed by atoms with Crippen LogP contribution in [0.25, 0.3) is 0 Å². The molecule has 2 saturated heterocycles. The van der Waals surface area contributed by atoms with Crippen molar-refractivity contribution in [3.63, 3.8) is 0 Å². The van der Waals surface area contributed by atoms with E-state index in [9.17, 15) is 4.79 Å². The Bertz CT molecular complexity index is 810. The fraction of sp³-hybridized carbons (Fsp3) is 0.632. The predicted molar refractivity (Wildman–Crippen MR) is 103 cm³/mol. The lowest BCUT2D eigenvalue weighted by atomic mass is 9.95. The Hall–Kier alpha value is -2.55. The average molecular weight is 385 g/mol. The molecule has 2 aliphatic heterocycles. The van der Waals surface area contributed by atoms with Crippen LogP contribution in [-0.2, 0) is 16.1 Å². The van der Waals surface area contributed by atoms with Gasteiger partial charge in [0.15, 0.2) is 0 Å². The number of carbonyl (C=O) groups excluding carboxylic acids is 1. The van der Waals surface area contributed by atoms with E-state index >= 15 is 0 Å². The number of carbonyl (C=O) groups is 1. The van der Waals surface area contributed by atoms with Crippen molar-refractivity contribution >= 4 is 11.7 Å². The molecule has 28 heavy (non-hydrogen) atoms. The number of aromatic nitrogens is 5. The smallest absolute Gasteiger partial charge is 0.244 e. The summed E-state index contributed by atoms with van der Waals surface area (Å²) in [7, 11) is 0. The van der Waals surface area contributed by atoms with Crippen LogP contribution >= 0.6 is 0 Å². The largest absolute Gasteiger partial charge is 0.378 e. The fourth-order valence-corrected chi connectivity index (χ4v) is 3.84. The molecule has 0 aromatic carbocycles. The van der Waals surface area contributed by atoms with Crippen molar-refractivity contribution in [1.82, 2.24) is 29.6 Å². The zero-order valence-corrected chi connectivity index (χ0v) is 16.5. The van der Waals surface area contributed by atoms with Crippen LogP contribution in [0.3, 0.4) is 0 Å². The maximum absolute atomic E-state index is 12.5. The van der Waals surface area contributed by atoms with E-state index in [0.29, 0.717) is 0 Å². The van der Waals surface area contributed by atoms with Crippen LogP contribution in [-0.4, -0.2) is 74.9 Å². The topological polar surface area (TPSA) is 89.3 Å². The minimum Gasteiger partial charge on any atom is -0.378 e. The number of anilines is 1. The first-order valence-corrected chi connectivity index (χ1v) is 9.90. The highest BCUT2D eigenvalue weighted by Crippen LogP contribution is 2.29. The lowest BCUT2D eigenvalue weighted by Gasteiger charge is -2.33. The van der Waals surface area contributed by atoms with Crippen molar-refractivity contribution < 1.29 is 9.53 Å². The van der Waals surface area contributed by atoms with Crippen molar-refractivity contribution in [3.8, 4) is 0 Å². The molecular weight excluding hydrogens is 358 g/mol. The number of morpholine rings is 1. The van der Waals surface area contributed by atoms with Crippen LogP contribution in [0, 0.1) is 13.8 Å². The standard InChI is InChI=1S/C19H27N7O2/c1-14-15(2)22-18(23-19(14)25-7-9-28-10-8-25)16-3-5-24(6-4-16)17(27)11-26-13-20-12-21-26/h12-13,16H,3-11H2,1-2H3. The predicted octanol–water partition coefficient (Wildman–Crippen LogP) is 0.928. The molecule has 2 aromatic rings. The van der Waals surface area contributed by atoms with E-state index in [2.05, 4.69) is 28.8 Å². The molecule has 0 spiro atoms. The van der Waals surface area contributed by atoms with Gasteiger partial charge in [-0.25, -0.2) is 19.6 Å². The quantitative estimate of drug-likeness (QED) is 0.773. The van der Waals surface area contributed by atoms with E-state index in [-0.39, 0.29) is 18.4 Å². The van der Waals surface area contributed by atoms with Gasteiger partial charge in [0.05, 0.1) is 13.2 Å². The first-order chi connectivity index (χ1) is 13.6. The monoisotopic (exact) mass is 385 g/mol. The third kappa shape index (κ3) is 3.99. The first-order valence-electron chi connectivity index (χ1n) is 9.90. The number of ether oxygens (including phenoxy) is 1. The summed E-state index contributed by atoms with van der Waals surface area (Å²) in [5.41, 5.74) is 2.18. The van der Waals surface area contributed by atoms with Crippen molar-refractivity contribution in [3.05, 3.63) is 29.7 Å². The van der Waals surface area contributed by atoms with E-state index in [1.54, 1.807) is 11.0 Å². The first kappa shape index (κ1) is 18.8. The molecule has 0 radical (unpaired) electrons. The van der Waals surface area contributed by atoms with Gasteiger partial charge in [-0.05, 0) is 26.7 Å². The number of hydrogen-bond acceptors (Lipinski definition) is 7. The summed E-state index contributed by atoms with van der Waals surface area (Å²) < 4.78 is 7.04. The normalized spacial score (nSPS) is 18.5. The summed E-state index contributed by atoms with van der Waals surface area (Å²) >= 11 is 0. The molecule has 4 rings (SSSR count). The molecule has 0 atom stereocenters. The minimum atomic E-state index is 0.0824. The van der Waals surface area contributed by atoms with Gasteiger partial charge < -0.3 is 14.5 Å². The van der Waals surface area contributed by atoms with E-state index in [4.69, 9.17) is 14.7 Å². The summed E-state index contributed by atoms with van der Waals surface area (Å²) in [6.45, 7) is 9.05. The van der Waals surface area contributed by atoms with Crippen LogP contribution in [0.1, 0.15) is 35.8 Å². The Morgan fingerprint density at radius 3 is 2.57 bits per heavy atom. The SMILES string of the molecule is Cc1nc(C2CCN(C(=O)Cn3cncn3)CC2)nc(N2CCOCC2)c1C. The number of aryl methyl sites for hydroxylation is 1. The van der Waals surface area contributed by atoms with Gasteiger partial charge in [-0.15, -0.1) is 0 Å². The van der Waals surface area contributed by atoms with E-state index in [1.165, 1.54) is 6.33 Å². The number of nitrogens with zero attached hydrogens (tertiary/aromatic N) is 7. The maximum Gasteiger partial charge on any atom is 0.244 e. The molecule has 0 aliphatic carbocycles. The molecular formula is C19H27N7O2. The fourth-order valence-electron chi connectivity index (χ4n) is 3.84. The van der Waals surface area contributed by atoms with Crippen molar-refractivity contribution in [2.75, 3.05) is 44.3 Å². The molecule has 2 aliphatic rings. The number of piperidine rings is 1. The molecule has 4 heterocycles. The van der Waals surface area contributed by atoms with Gasteiger partial charge in [0.1, 0.15) is 30.8 Å². The molecule has 150 valence electrons. The van der Waals surface area contributed by atoms with Crippen LogP contribution in [0.5, 0.6) is 0 Å². The second-order valence-corrected chi connectivity index (χ2v) is 7.46. The Morgan fingerprint density at radius 2 is 1.89 bits per heavy atom. The number of likely N-dealkylation sites (tertiary alicyclic amines) is 1. The molecule has 0 bridgehead atoms. The lowest BCUT2D eigenvalue weighted by Crippen LogP contribution is -2.40. The highest BCUT2D eigenvalue weighted by Gasteiger charge is 2.27. The van der Waals surface area contributed by atoms with Crippen molar-refractivity contribution in [2.45, 2.75) is 39.2 Å². The summed E-state index contributed by atoms with van der Waals surface area (Å²) in [6.07, 6.45) is 4.78. The summed E-state index contributed by atoms with van der Waals surface area (Å²) in [5, 5.41) is 4.01. The molecule has 0 saturated carbocycles. The zero-order valence-electron chi connectivity index (χ0n) is 16.5. The zero-order chi connectivity index (χ0) is 19.5. The Morgan fingerprint density at radius 1 is 1.14 bits per heavy atom. The molecule has 9 heteroatoms. The van der Waals surface area contributed by atoms with Crippen LogP contribution in [0.15, 0.2) is 12.7 Å². The maximum atomic E-state index is 12.5. The number of rotatable bonds is 4. The third-order valence-electron chi connectivity index (χ3n) is 5.67. The van der Waals surface area contributed by atoms with E-state index < -0.39 is 0 Å². The Labute approximate surface area is 164 Å². The van der Waals surface area contributed by atoms with Gasteiger partial charge in [0.25, 0.3) is 0 Å². The molecule has 9 nitrogen and oxygen atoms in total. The molecule has 2 aromatic heterocycles. The van der Waals surface area contributed by atoms with Gasteiger partial charge in [-0.2, -0.15) is 5.10 Å². The second kappa shape index (κ2) is 8.22. The van der Waals surface area contributed by atoms with Crippen molar-refractivity contribution in [1.29, 1.82) is 0 Å². The molecule has 1 amide bonds. The second-order valence-electron chi connectivity index (χ2n) is 7.46. The Kier molecular flexibility index (Phi) is 5.52. The van der Waals surface area contributed by atoms with Crippen LogP contribution < -0.4 is 4.90 Å². The van der Waals surface area contributed by atoms with Gasteiger partial charge in [-0.3, -0.25) is 4.79 Å². The molecule has 2 fully saturated rings. The van der Waals surface area contributed by atoms with Gasteiger partial charge in [-0.1, -0.05) is 0 Å².